The fourth-order valence-corrected chi connectivity index (χ4v) is 3.65. The lowest BCUT2D eigenvalue weighted by Gasteiger charge is -2.26. The Bertz CT molecular complexity index is 408. The van der Waals surface area contributed by atoms with Crippen LogP contribution in [0.15, 0.2) is 24.3 Å². The van der Waals surface area contributed by atoms with Crippen LogP contribution in [0.1, 0.15) is 43.7 Å². The first-order chi connectivity index (χ1) is 7.62. The molecule has 3 rings (SSSR count). The van der Waals surface area contributed by atoms with Crippen LogP contribution in [0.4, 0.5) is 0 Å². The van der Waals surface area contributed by atoms with Gasteiger partial charge in [-0.2, -0.15) is 0 Å². The lowest BCUT2D eigenvalue weighted by molar-refractivity contribution is 0.433. The first kappa shape index (κ1) is 10.3. The summed E-state index contributed by atoms with van der Waals surface area (Å²) in [7, 11) is 0. The second kappa shape index (κ2) is 3.33. The van der Waals surface area contributed by atoms with Crippen LogP contribution in [0.5, 0.6) is 0 Å². The van der Waals surface area contributed by atoms with Crippen LogP contribution in [0.2, 0.25) is 0 Å². The molecule has 2 aliphatic carbocycles. The molecule has 16 heavy (non-hydrogen) atoms. The maximum absolute atomic E-state index is 6.23. The Morgan fingerprint density at radius 2 is 1.94 bits per heavy atom. The van der Waals surface area contributed by atoms with Crippen LogP contribution < -0.4 is 5.73 Å². The fraction of sp³-hybridized carbons (Fsp3) is 0.600. The van der Waals surface area contributed by atoms with Crippen molar-refractivity contribution in [3.05, 3.63) is 35.4 Å². The van der Waals surface area contributed by atoms with E-state index in [0.717, 1.165) is 5.92 Å². The van der Waals surface area contributed by atoms with Crippen LogP contribution in [0.25, 0.3) is 0 Å². The molecule has 0 heterocycles. The van der Waals surface area contributed by atoms with E-state index < -0.39 is 0 Å². The largest absolute Gasteiger partial charge is 0.327 e. The summed E-state index contributed by atoms with van der Waals surface area (Å²) in [5.74, 6) is 1.42. The van der Waals surface area contributed by atoms with Gasteiger partial charge in [0.05, 0.1) is 0 Å². The Labute approximate surface area is 98.0 Å². The second-order valence-corrected chi connectivity index (χ2v) is 6.07. The van der Waals surface area contributed by atoms with Crippen molar-refractivity contribution >= 4 is 0 Å². The third kappa shape index (κ3) is 1.34. The molecule has 1 unspecified atom stereocenters. The molecule has 0 bridgehead atoms. The van der Waals surface area contributed by atoms with Gasteiger partial charge in [0.25, 0.3) is 0 Å². The van der Waals surface area contributed by atoms with Crippen molar-refractivity contribution in [2.45, 2.75) is 45.1 Å². The highest BCUT2D eigenvalue weighted by molar-refractivity contribution is 5.36. The minimum Gasteiger partial charge on any atom is -0.327 e. The number of hydrogen-bond donors (Lipinski definition) is 1. The third-order valence-electron chi connectivity index (χ3n) is 4.85. The molecular formula is C15H21N. The topological polar surface area (TPSA) is 26.0 Å². The Balaban J connectivity index is 1.95. The molecule has 2 aliphatic rings. The van der Waals surface area contributed by atoms with Gasteiger partial charge in [-0.1, -0.05) is 38.1 Å². The number of rotatable bonds is 1. The first-order valence-corrected chi connectivity index (χ1v) is 6.46. The molecule has 0 amide bonds. The molecule has 1 aromatic rings. The van der Waals surface area contributed by atoms with Crippen LogP contribution in [0, 0.1) is 11.3 Å². The molecule has 0 radical (unpaired) electrons. The summed E-state index contributed by atoms with van der Waals surface area (Å²) in [5.41, 5.74) is 9.74. The zero-order chi connectivity index (χ0) is 11.3. The summed E-state index contributed by atoms with van der Waals surface area (Å²) in [5, 5.41) is 0. The van der Waals surface area contributed by atoms with Gasteiger partial charge in [0.1, 0.15) is 0 Å². The van der Waals surface area contributed by atoms with Crippen molar-refractivity contribution < 1.29 is 0 Å². The van der Waals surface area contributed by atoms with Gasteiger partial charge in [-0.3, -0.25) is 0 Å². The quantitative estimate of drug-likeness (QED) is 0.765. The normalized spacial score (nSPS) is 35.6. The van der Waals surface area contributed by atoms with E-state index in [2.05, 4.69) is 38.1 Å². The molecule has 1 nitrogen and oxygen atoms in total. The number of nitrogens with two attached hydrogens (primary N) is 1. The molecule has 1 saturated carbocycles. The molecule has 0 aliphatic heterocycles. The highest BCUT2D eigenvalue weighted by atomic mass is 14.8. The molecule has 1 fully saturated rings. The molecule has 0 aromatic heterocycles. The van der Waals surface area contributed by atoms with Crippen molar-refractivity contribution in [3.8, 4) is 0 Å². The molecule has 86 valence electrons. The van der Waals surface area contributed by atoms with Gasteiger partial charge in [0.2, 0.25) is 0 Å². The summed E-state index contributed by atoms with van der Waals surface area (Å²) in [6.07, 6.45) is 3.93. The zero-order valence-electron chi connectivity index (χ0n) is 10.2. The van der Waals surface area contributed by atoms with E-state index in [1.807, 2.05) is 0 Å². The van der Waals surface area contributed by atoms with E-state index in [9.17, 15) is 0 Å². The highest BCUT2D eigenvalue weighted by Gasteiger charge is 2.59. The van der Waals surface area contributed by atoms with Gasteiger partial charge in [0.15, 0.2) is 0 Å². The molecule has 3 atom stereocenters. The number of hydrogen-bond acceptors (Lipinski definition) is 1. The minimum atomic E-state index is 0.356. The van der Waals surface area contributed by atoms with Gasteiger partial charge in [-0.25, -0.2) is 0 Å². The summed E-state index contributed by atoms with van der Waals surface area (Å²) < 4.78 is 0. The van der Waals surface area contributed by atoms with E-state index in [4.69, 9.17) is 5.73 Å². The third-order valence-corrected chi connectivity index (χ3v) is 4.85. The Morgan fingerprint density at radius 1 is 1.25 bits per heavy atom. The Hall–Kier alpha value is -0.820. The van der Waals surface area contributed by atoms with Crippen molar-refractivity contribution in [3.63, 3.8) is 0 Å². The lowest BCUT2D eigenvalue weighted by Crippen LogP contribution is -2.15. The van der Waals surface area contributed by atoms with Crippen LogP contribution >= 0.6 is 0 Å². The Morgan fingerprint density at radius 3 is 2.62 bits per heavy atom. The van der Waals surface area contributed by atoms with Gasteiger partial charge in [0, 0.05) is 6.04 Å². The van der Waals surface area contributed by atoms with E-state index in [0.29, 0.717) is 17.4 Å². The lowest BCUT2D eigenvalue weighted by atomic mass is 9.78. The monoisotopic (exact) mass is 215 g/mol. The summed E-state index contributed by atoms with van der Waals surface area (Å²) in [4.78, 5) is 0. The number of benzene rings is 1. The first-order valence-electron chi connectivity index (χ1n) is 6.46. The summed E-state index contributed by atoms with van der Waals surface area (Å²) in [6.45, 7) is 4.64. The standard InChI is InChI=1S/C15H21N/c1-15(2)13(14(15)16)12-9-5-7-10-6-3-4-8-11(10)12/h3-4,6,8,12-14H,5,7,9,16H2,1-2H3/t12?,13-,14-/m1/s1. The van der Waals surface area contributed by atoms with Crippen LogP contribution in [0.3, 0.4) is 0 Å². The number of aryl methyl sites for hydroxylation is 1. The molecule has 0 saturated heterocycles. The van der Waals surface area contributed by atoms with Crippen molar-refractivity contribution in [1.29, 1.82) is 0 Å². The van der Waals surface area contributed by atoms with Crippen LogP contribution in [-0.2, 0) is 6.42 Å². The SMILES string of the molecule is CC1(C)[C@H](N)[C@H]1C1CCCc2ccccc21. The zero-order valence-corrected chi connectivity index (χ0v) is 10.2. The van der Waals surface area contributed by atoms with Gasteiger partial charge < -0.3 is 5.73 Å². The predicted octanol–water partition coefficient (Wildman–Crippen LogP) is 3.09. The number of fused-ring (bicyclic) bond motifs is 1. The predicted molar refractivity (Wildman–Crippen MR) is 67.4 cm³/mol. The smallest absolute Gasteiger partial charge is 0.0134 e. The van der Waals surface area contributed by atoms with Gasteiger partial charge in [-0.05, 0) is 47.6 Å². The van der Waals surface area contributed by atoms with Crippen molar-refractivity contribution in [2.75, 3.05) is 0 Å². The molecule has 1 heteroatoms. The molecule has 1 aromatic carbocycles. The van der Waals surface area contributed by atoms with E-state index in [1.54, 1.807) is 11.1 Å². The Kier molecular flexibility index (Phi) is 2.16. The molecule has 0 spiro atoms. The second-order valence-electron chi connectivity index (χ2n) is 6.07. The fourth-order valence-electron chi connectivity index (χ4n) is 3.65. The minimum absolute atomic E-state index is 0.356. The van der Waals surface area contributed by atoms with Crippen LogP contribution in [-0.4, -0.2) is 6.04 Å². The molecule has 2 N–H and O–H groups in total. The summed E-state index contributed by atoms with van der Waals surface area (Å²) in [6, 6.07) is 9.36. The molecular weight excluding hydrogens is 194 g/mol. The maximum Gasteiger partial charge on any atom is 0.0134 e. The van der Waals surface area contributed by atoms with Crippen molar-refractivity contribution in [1.82, 2.24) is 0 Å². The highest BCUT2D eigenvalue weighted by Crippen LogP contribution is 2.59. The van der Waals surface area contributed by atoms with E-state index >= 15 is 0 Å². The van der Waals surface area contributed by atoms with Crippen molar-refractivity contribution in [2.24, 2.45) is 17.1 Å². The van der Waals surface area contributed by atoms with Gasteiger partial charge in [-0.15, -0.1) is 0 Å². The van der Waals surface area contributed by atoms with Gasteiger partial charge >= 0.3 is 0 Å². The summed E-state index contributed by atoms with van der Waals surface area (Å²) >= 11 is 0. The average molecular weight is 215 g/mol. The average Bonchev–Trinajstić information content (AvgIpc) is 2.77. The van der Waals surface area contributed by atoms with E-state index in [1.165, 1.54) is 19.3 Å². The maximum atomic E-state index is 6.23. The van der Waals surface area contributed by atoms with E-state index in [-0.39, 0.29) is 0 Å².